The van der Waals surface area contributed by atoms with Crippen LogP contribution < -0.4 is 5.32 Å². The molecule has 0 fully saturated rings. The number of carboxylic acids is 1. The summed E-state index contributed by atoms with van der Waals surface area (Å²) in [5, 5.41) is 19.4. The van der Waals surface area contributed by atoms with Crippen LogP contribution >= 0.6 is 0 Å². The van der Waals surface area contributed by atoms with Crippen molar-refractivity contribution in [1.29, 1.82) is 0 Å². The molecule has 0 aliphatic heterocycles. The zero-order valence-corrected chi connectivity index (χ0v) is 20.9. The average molecular weight is 513 g/mol. The van der Waals surface area contributed by atoms with Gasteiger partial charge in [0.25, 0.3) is 5.91 Å². The van der Waals surface area contributed by atoms with Gasteiger partial charge in [-0.05, 0) is 57.3 Å². The molecule has 0 radical (unpaired) electrons. The van der Waals surface area contributed by atoms with Crippen molar-refractivity contribution in [2.45, 2.75) is 13.0 Å². The van der Waals surface area contributed by atoms with Crippen molar-refractivity contribution >= 4 is 33.6 Å². The van der Waals surface area contributed by atoms with Gasteiger partial charge in [-0.1, -0.05) is 90.1 Å². The van der Waals surface area contributed by atoms with Gasteiger partial charge in [0.15, 0.2) is 0 Å². The summed E-state index contributed by atoms with van der Waals surface area (Å²) >= 11 is 0. The molecule has 1 amide bonds. The second-order valence-corrected chi connectivity index (χ2v) is 9.43. The molecule has 0 saturated carbocycles. The lowest BCUT2D eigenvalue weighted by atomic mass is 9.96. The Labute approximate surface area is 224 Å². The highest BCUT2D eigenvalue weighted by Gasteiger charge is 2.20. The quantitative estimate of drug-likeness (QED) is 0.244. The number of nitrogens with zero attached hydrogens (tertiary/aromatic N) is 1. The van der Waals surface area contributed by atoms with Crippen molar-refractivity contribution < 1.29 is 19.2 Å². The van der Waals surface area contributed by atoms with Gasteiger partial charge in [0.2, 0.25) is 0 Å². The summed E-state index contributed by atoms with van der Waals surface area (Å²) in [5.41, 5.74) is 4.98. The molecule has 6 heteroatoms. The number of carbonyl (C=O) groups excluding carboxylic acids is 1. The van der Waals surface area contributed by atoms with E-state index >= 15 is 0 Å². The number of aromatic carboxylic acids is 1. The Morgan fingerprint density at radius 3 is 2.23 bits per heavy atom. The zero-order valence-electron chi connectivity index (χ0n) is 20.9. The van der Waals surface area contributed by atoms with Gasteiger partial charge in [-0.15, -0.1) is 0 Å². The zero-order chi connectivity index (χ0) is 26.8. The molecule has 5 aromatic carbocycles. The molecule has 0 aliphatic carbocycles. The molecule has 0 saturated heterocycles. The van der Waals surface area contributed by atoms with E-state index in [2.05, 4.69) is 40.8 Å². The SMILES string of the molecule is O=C(O)c1ccc(CNC(=O)c2cc(-c3ccccc3)cc3noc(Cc4ccc5ccccc5c4)c23)cc1. The van der Waals surface area contributed by atoms with E-state index in [4.69, 9.17) is 9.63 Å². The van der Waals surface area contributed by atoms with Crippen LogP contribution in [-0.2, 0) is 13.0 Å². The van der Waals surface area contributed by atoms with E-state index in [0.717, 1.165) is 33.0 Å². The van der Waals surface area contributed by atoms with Crippen molar-refractivity contribution in [2.75, 3.05) is 0 Å². The molecule has 2 N–H and O–H groups in total. The maximum atomic E-state index is 13.6. The van der Waals surface area contributed by atoms with E-state index in [1.807, 2.05) is 54.6 Å². The van der Waals surface area contributed by atoms with Gasteiger partial charge in [-0.3, -0.25) is 4.79 Å². The molecule has 1 heterocycles. The van der Waals surface area contributed by atoms with Crippen LogP contribution in [0, 0.1) is 0 Å². The standard InChI is InChI=1S/C33H24N2O4/c36-32(34-20-21-10-14-25(15-11-21)33(37)38)28-18-27(23-6-2-1-3-7-23)19-29-31(28)30(39-35-29)17-22-12-13-24-8-4-5-9-26(24)16-22/h1-16,18-19H,17,20H2,(H,34,36)(H,37,38). The maximum Gasteiger partial charge on any atom is 0.335 e. The minimum atomic E-state index is -0.989. The predicted molar refractivity (Wildman–Crippen MR) is 151 cm³/mol. The van der Waals surface area contributed by atoms with E-state index in [9.17, 15) is 9.59 Å². The lowest BCUT2D eigenvalue weighted by Crippen LogP contribution is -2.23. The predicted octanol–water partition coefficient (Wildman–Crippen LogP) is 6.87. The number of nitrogens with one attached hydrogen (secondary N) is 1. The minimum Gasteiger partial charge on any atom is -0.478 e. The van der Waals surface area contributed by atoms with Crippen LogP contribution in [0.5, 0.6) is 0 Å². The summed E-state index contributed by atoms with van der Waals surface area (Å²) in [5.74, 6) is -0.629. The van der Waals surface area contributed by atoms with Gasteiger partial charge in [-0.2, -0.15) is 0 Å². The first-order valence-corrected chi connectivity index (χ1v) is 12.6. The lowest BCUT2D eigenvalue weighted by molar-refractivity contribution is 0.0696. The number of benzene rings is 5. The number of carboxylic acid groups (broad SMARTS) is 1. The molecule has 39 heavy (non-hydrogen) atoms. The van der Waals surface area contributed by atoms with Crippen LogP contribution in [0.4, 0.5) is 0 Å². The molecule has 6 nitrogen and oxygen atoms in total. The van der Waals surface area contributed by atoms with Gasteiger partial charge < -0.3 is 14.9 Å². The molecule has 0 bridgehead atoms. The maximum absolute atomic E-state index is 13.6. The molecular weight excluding hydrogens is 488 g/mol. The van der Waals surface area contributed by atoms with Gasteiger partial charge in [-0.25, -0.2) is 4.79 Å². The number of amides is 1. The van der Waals surface area contributed by atoms with Crippen molar-refractivity contribution in [3.05, 3.63) is 137 Å². The third kappa shape index (κ3) is 5.00. The fraction of sp³-hybridized carbons (Fsp3) is 0.0606. The Hall–Kier alpha value is -5.23. The highest BCUT2D eigenvalue weighted by Crippen LogP contribution is 2.31. The number of hydrogen-bond acceptors (Lipinski definition) is 4. The Morgan fingerprint density at radius 2 is 1.46 bits per heavy atom. The lowest BCUT2D eigenvalue weighted by Gasteiger charge is -2.10. The average Bonchev–Trinajstić information content (AvgIpc) is 3.38. The number of rotatable bonds is 7. The monoisotopic (exact) mass is 512 g/mol. The second kappa shape index (κ2) is 10.3. The molecule has 0 aliphatic rings. The third-order valence-corrected chi connectivity index (χ3v) is 6.83. The molecule has 6 rings (SSSR count). The second-order valence-electron chi connectivity index (χ2n) is 9.43. The summed E-state index contributed by atoms with van der Waals surface area (Å²) < 4.78 is 5.83. The Balaban J connectivity index is 1.36. The smallest absolute Gasteiger partial charge is 0.335 e. The van der Waals surface area contributed by atoms with Gasteiger partial charge >= 0.3 is 5.97 Å². The number of carbonyl (C=O) groups is 2. The number of fused-ring (bicyclic) bond motifs is 2. The third-order valence-electron chi connectivity index (χ3n) is 6.83. The van der Waals surface area contributed by atoms with Crippen LogP contribution in [0.1, 0.15) is 37.6 Å². The van der Waals surface area contributed by atoms with Crippen molar-refractivity contribution in [1.82, 2.24) is 10.5 Å². The first kappa shape index (κ1) is 24.1. The molecule has 0 spiro atoms. The molecular formula is C33H24N2O4. The topological polar surface area (TPSA) is 92.4 Å². The van der Waals surface area contributed by atoms with Crippen LogP contribution in [0.3, 0.4) is 0 Å². The Morgan fingerprint density at radius 1 is 0.744 bits per heavy atom. The summed E-state index contributed by atoms with van der Waals surface area (Å²) in [4.78, 5) is 24.7. The highest BCUT2D eigenvalue weighted by molar-refractivity contribution is 6.08. The molecule has 1 aromatic heterocycles. The summed E-state index contributed by atoms with van der Waals surface area (Å²) in [7, 11) is 0. The highest BCUT2D eigenvalue weighted by atomic mass is 16.5. The molecule has 190 valence electrons. The number of aromatic nitrogens is 1. The minimum absolute atomic E-state index is 0.199. The van der Waals surface area contributed by atoms with Crippen molar-refractivity contribution in [3.8, 4) is 11.1 Å². The Kier molecular flexibility index (Phi) is 6.35. The summed E-state index contributed by atoms with van der Waals surface area (Å²) in [6.45, 7) is 0.251. The molecule has 0 unspecified atom stereocenters. The van der Waals surface area contributed by atoms with Gasteiger partial charge in [0.1, 0.15) is 11.3 Å². The fourth-order valence-corrected chi connectivity index (χ4v) is 4.82. The van der Waals surface area contributed by atoms with Crippen molar-refractivity contribution in [3.63, 3.8) is 0 Å². The van der Waals surface area contributed by atoms with Gasteiger partial charge in [0.05, 0.1) is 16.5 Å². The van der Waals surface area contributed by atoms with Crippen LogP contribution in [-0.4, -0.2) is 22.1 Å². The van der Waals surface area contributed by atoms with Crippen LogP contribution in [0.2, 0.25) is 0 Å². The van der Waals surface area contributed by atoms with E-state index in [0.29, 0.717) is 28.6 Å². The Bertz CT molecular complexity index is 1820. The summed E-state index contributed by atoms with van der Waals surface area (Å²) in [6, 6.07) is 34.6. The van der Waals surface area contributed by atoms with Crippen LogP contribution in [0.25, 0.3) is 32.8 Å². The molecule has 0 atom stereocenters. The van der Waals surface area contributed by atoms with E-state index in [1.165, 1.54) is 12.1 Å². The van der Waals surface area contributed by atoms with E-state index in [-0.39, 0.29) is 18.0 Å². The largest absolute Gasteiger partial charge is 0.478 e. The number of hydrogen-bond donors (Lipinski definition) is 2. The first-order chi connectivity index (χ1) is 19.0. The van der Waals surface area contributed by atoms with Gasteiger partial charge in [0, 0.05) is 13.0 Å². The fourth-order valence-electron chi connectivity index (χ4n) is 4.82. The summed E-state index contributed by atoms with van der Waals surface area (Å²) in [6.07, 6.45) is 0.489. The molecule has 6 aromatic rings. The van der Waals surface area contributed by atoms with E-state index in [1.54, 1.807) is 12.1 Å². The normalized spacial score (nSPS) is 11.1. The van der Waals surface area contributed by atoms with Crippen LogP contribution in [0.15, 0.2) is 114 Å². The van der Waals surface area contributed by atoms with Crippen molar-refractivity contribution in [2.24, 2.45) is 0 Å². The first-order valence-electron chi connectivity index (χ1n) is 12.6. The van der Waals surface area contributed by atoms with E-state index < -0.39 is 5.97 Å².